The Labute approximate surface area is 181 Å². The predicted molar refractivity (Wildman–Crippen MR) is 114 cm³/mol. The lowest BCUT2D eigenvalue weighted by atomic mass is 9.86. The first-order valence-electron chi connectivity index (χ1n) is 9.76. The zero-order valence-electron chi connectivity index (χ0n) is 17.1. The Morgan fingerprint density at radius 3 is 2.75 bits per heavy atom. The second kappa shape index (κ2) is 6.92. The van der Waals surface area contributed by atoms with Gasteiger partial charge in [-0.1, -0.05) is 18.2 Å². The average molecular weight is 430 g/mol. The summed E-state index contributed by atoms with van der Waals surface area (Å²) in [7, 11) is 0. The molecule has 4 heterocycles. The molecule has 1 aromatic carbocycles. The van der Waals surface area contributed by atoms with Crippen LogP contribution in [0.4, 0.5) is 14.6 Å². The van der Waals surface area contributed by atoms with E-state index < -0.39 is 17.0 Å². The van der Waals surface area contributed by atoms with Crippen LogP contribution in [0.5, 0.6) is 0 Å². The fourth-order valence-electron chi connectivity index (χ4n) is 3.83. The summed E-state index contributed by atoms with van der Waals surface area (Å²) < 4.78 is 29.7. The van der Waals surface area contributed by atoms with E-state index >= 15 is 0 Å². The summed E-state index contributed by atoms with van der Waals surface area (Å²) >= 11 is 0. The largest absolute Gasteiger partial charge is 0.310 e. The Kier molecular flexibility index (Phi) is 4.27. The number of aromatic nitrogens is 5. The highest BCUT2D eigenvalue weighted by Crippen LogP contribution is 2.39. The molecule has 7 nitrogen and oxygen atoms in total. The number of anilines is 1. The van der Waals surface area contributed by atoms with Crippen molar-refractivity contribution in [3.63, 3.8) is 0 Å². The number of hydrogen-bond donors (Lipinski definition) is 1. The van der Waals surface area contributed by atoms with Gasteiger partial charge in [0.25, 0.3) is 0 Å². The van der Waals surface area contributed by atoms with E-state index in [1.54, 1.807) is 32.0 Å². The normalized spacial score (nSPS) is 14.3. The van der Waals surface area contributed by atoms with Crippen LogP contribution < -0.4 is 5.32 Å². The SMILES string of the molecule is C#Cc1nc(-c2nn(Cc3ccccc3F)c3ncc(F)cc23)nc2c1C(C)(C)C(=O)N2. The summed E-state index contributed by atoms with van der Waals surface area (Å²) in [5, 5.41) is 7.58. The zero-order valence-corrected chi connectivity index (χ0v) is 17.1. The third kappa shape index (κ3) is 2.92. The minimum atomic E-state index is -0.893. The highest BCUT2D eigenvalue weighted by atomic mass is 19.1. The fourth-order valence-corrected chi connectivity index (χ4v) is 3.83. The van der Waals surface area contributed by atoms with Gasteiger partial charge < -0.3 is 5.32 Å². The number of hydrogen-bond acceptors (Lipinski definition) is 5. The zero-order chi connectivity index (χ0) is 22.6. The number of terminal acetylenes is 1. The van der Waals surface area contributed by atoms with Gasteiger partial charge >= 0.3 is 0 Å². The number of amides is 1. The van der Waals surface area contributed by atoms with Crippen molar-refractivity contribution in [1.82, 2.24) is 24.7 Å². The number of benzene rings is 1. The summed E-state index contributed by atoms with van der Waals surface area (Å²) in [6.45, 7) is 3.53. The smallest absolute Gasteiger partial charge is 0.235 e. The van der Waals surface area contributed by atoms with E-state index in [2.05, 4.69) is 31.3 Å². The van der Waals surface area contributed by atoms with Crippen LogP contribution in [-0.4, -0.2) is 30.6 Å². The lowest BCUT2D eigenvalue weighted by Gasteiger charge is -2.15. The summed E-state index contributed by atoms with van der Waals surface area (Å²) in [4.78, 5) is 25.4. The molecule has 0 saturated carbocycles. The second-order valence-electron chi connectivity index (χ2n) is 7.97. The van der Waals surface area contributed by atoms with E-state index in [4.69, 9.17) is 6.42 Å². The molecule has 0 bridgehead atoms. The lowest BCUT2D eigenvalue weighted by Crippen LogP contribution is -2.27. The van der Waals surface area contributed by atoms with Gasteiger partial charge in [-0.25, -0.2) is 28.4 Å². The molecule has 9 heteroatoms. The van der Waals surface area contributed by atoms with Crippen LogP contribution in [0.1, 0.15) is 30.7 Å². The van der Waals surface area contributed by atoms with Gasteiger partial charge in [0.15, 0.2) is 11.5 Å². The number of pyridine rings is 1. The highest BCUT2D eigenvalue weighted by molar-refractivity contribution is 6.05. The molecule has 0 fully saturated rings. The molecule has 158 valence electrons. The van der Waals surface area contributed by atoms with Gasteiger partial charge in [-0.05, 0) is 31.9 Å². The summed E-state index contributed by atoms with van der Waals surface area (Å²) in [5.41, 5.74) is 0.822. The maximum atomic E-state index is 14.2. The maximum absolute atomic E-state index is 14.2. The van der Waals surface area contributed by atoms with Crippen molar-refractivity contribution in [3.05, 3.63) is 65.0 Å². The van der Waals surface area contributed by atoms with Gasteiger partial charge in [0, 0.05) is 11.1 Å². The van der Waals surface area contributed by atoms with Gasteiger partial charge in [-0.3, -0.25) is 4.79 Å². The number of fused-ring (bicyclic) bond motifs is 2. The molecule has 0 atom stereocenters. The third-order valence-electron chi connectivity index (χ3n) is 5.51. The first-order valence-corrected chi connectivity index (χ1v) is 9.76. The lowest BCUT2D eigenvalue weighted by molar-refractivity contribution is -0.119. The van der Waals surface area contributed by atoms with Crippen LogP contribution in [0.2, 0.25) is 0 Å². The van der Waals surface area contributed by atoms with E-state index in [1.165, 1.54) is 16.8 Å². The van der Waals surface area contributed by atoms with Crippen LogP contribution >= 0.6 is 0 Å². The van der Waals surface area contributed by atoms with Crippen molar-refractivity contribution in [3.8, 4) is 23.9 Å². The number of carbonyl (C=O) groups excluding carboxylic acids is 1. The predicted octanol–water partition coefficient (Wildman–Crippen LogP) is 3.43. The van der Waals surface area contributed by atoms with Crippen LogP contribution in [-0.2, 0) is 16.8 Å². The quantitative estimate of drug-likeness (QED) is 0.504. The number of carbonyl (C=O) groups is 1. The van der Waals surface area contributed by atoms with Crippen molar-refractivity contribution in [2.75, 3.05) is 5.32 Å². The van der Waals surface area contributed by atoms with Crippen LogP contribution in [0.3, 0.4) is 0 Å². The molecule has 1 N–H and O–H groups in total. The molecule has 32 heavy (non-hydrogen) atoms. The van der Waals surface area contributed by atoms with Crippen LogP contribution in [0, 0.1) is 24.0 Å². The molecule has 0 spiro atoms. The first kappa shape index (κ1) is 19.8. The second-order valence-corrected chi connectivity index (χ2v) is 7.97. The van der Waals surface area contributed by atoms with E-state index in [-0.39, 0.29) is 29.7 Å². The van der Waals surface area contributed by atoms with Gasteiger partial charge in [0.05, 0.1) is 23.5 Å². The molecule has 1 aliphatic rings. The van der Waals surface area contributed by atoms with Crippen LogP contribution in [0.25, 0.3) is 22.6 Å². The van der Waals surface area contributed by atoms with Crippen molar-refractivity contribution in [2.24, 2.45) is 0 Å². The van der Waals surface area contributed by atoms with Crippen LogP contribution in [0.15, 0.2) is 36.5 Å². The fraction of sp³-hybridized carbons (Fsp3) is 0.174. The Balaban J connectivity index is 1.72. The summed E-state index contributed by atoms with van der Waals surface area (Å²) in [6.07, 6.45) is 6.74. The molecule has 0 aliphatic carbocycles. The van der Waals surface area contributed by atoms with Crippen molar-refractivity contribution >= 4 is 22.8 Å². The Hall–Kier alpha value is -4.19. The Bertz CT molecular complexity index is 1470. The van der Waals surface area contributed by atoms with E-state index in [0.717, 1.165) is 6.20 Å². The van der Waals surface area contributed by atoms with E-state index in [1.807, 2.05) is 0 Å². The monoisotopic (exact) mass is 430 g/mol. The van der Waals surface area contributed by atoms with Crippen molar-refractivity contribution < 1.29 is 13.6 Å². The molecule has 3 aromatic heterocycles. The molecule has 0 saturated heterocycles. The van der Waals surface area contributed by atoms with E-state index in [0.29, 0.717) is 28.0 Å². The first-order chi connectivity index (χ1) is 15.3. The minimum absolute atomic E-state index is 0.0680. The maximum Gasteiger partial charge on any atom is 0.235 e. The number of nitrogens with one attached hydrogen (secondary N) is 1. The van der Waals surface area contributed by atoms with Gasteiger partial charge in [-0.15, -0.1) is 6.42 Å². The van der Waals surface area contributed by atoms with Gasteiger partial charge in [-0.2, -0.15) is 5.10 Å². The minimum Gasteiger partial charge on any atom is -0.310 e. The van der Waals surface area contributed by atoms with Gasteiger partial charge in [0.1, 0.15) is 28.8 Å². The standard InChI is InChI=1S/C23H16F2N6O/c1-4-16-17-19(29-22(32)23(17,2)3)28-20(27-16)18-14-9-13(24)10-26-21(14)31(30-18)11-12-7-5-6-8-15(12)25/h1,5-10H,11H2,2-3H3,(H,27,28,29,32). The molecule has 0 radical (unpaired) electrons. The number of nitrogens with zero attached hydrogens (tertiary/aromatic N) is 5. The topological polar surface area (TPSA) is 85.6 Å². The molecule has 1 aliphatic heterocycles. The highest BCUT2D eigenvalue weighted by Gasteiger charge is 2.42. The molecule has 4 aromatic rings. The third-order valence-corrected chi connectivity index (χ3v) is 5.51. The van der Waals surface area contributed by atoms with E-state index in [9.17, 15) is 13.6 Å². The molecular formula is C23H16F2N6O. The molecule has 5 rings (SSSR count). The average Bonchev–Trinajstić information content (AvgIpc) is 3.22. The number of halogens is 2. The molecule has 0 unspecified atom stereocenters. The summed E-state index contributed by atoms with van der Waals surface area (Å²) in [6, 6.07) is 7.55. The Morgan fingerprint density at radius 1 is 1.22 bits per heavy atom. The summed E-state index contributed by atoms with van der Waals surface area (Å²) in [5.74, 6) is 1.69. The molecular weight excluding hydrogens is 414 g/mol. The molecule has 1 amide bonds. The van der Waals surface area contributed by atoms with Crippen molar-refractivity contribution in [2.45, 2.75) is 25.8 Å². The van der Waals surface area contributed by atoms with Gasteiger partial charge in [0.2, 0.25) is 5.91 Å². The van der Waals surface area contributed by atoms with Crippen molar-refractivity contribution in [1.29, 1.82) is 0 Å². The Morgan fingerprint density at radius 2 is 2.00 bits per heavy atom. The number of rotatable bonds is 3.